The van der Waals surface area contributed by atoms with Crippen LogP contribution in [-0.2, 0) is 9.53 Å². The second-order valence-corrected chi connectivity index (χ2v) is 5.24. The molecule has 2 rings (SSSR count). The molecule has 1 aliphatic heterocycles. The Morgan fingerprint density at radius 2 is 1.88 bits per heavy atom. The lowest BCUT2D eigenvalue weighted by Gasteiger charge is -2.22. The molecule has 2 N–H and O–H groups in total. The minimum atomic E-state index is 0.129. The zero-order chi connectivity index (χ0) is 12.1. The van der Waals surface area contributed by atoms with E-state index < -0.39 is 0 Å². The highest BCUT2D eigenvalue weighted by Gasteiger charge is 2.30. The third-order valence-electron chi connectivity index (χ3n) is 4.01. The van der Waals surface area contributed by atoms with Crippen LogP contribution in [0.25, 0.3) is 0 Å². The Hall–Kier alpha value is -0.610. The number of amides is 1. The topological polar surface area (TPSA) is 50.4 Å². The molecular formula is C13H24N2O2. The van der Waals surface area contributed by atoms with Gasteiger partial charge >= 0.3 is 0 Å². The van der Waals surface area contributed by atoms with Crippen LogP contribution in [0.5, 0.6) is 0 Å². The number of hydrogen-bond acceptors (Lipinski definition) is 3. The summed E-state index contributed by atoms with van der Waals surface area (Å²) in [6.07, 6.45) is 7.23. The van der Waals surface area contributed by atoms with Gasteiger partial charge in [-0.2, -0.15) is 0 Å². The molecule has 2 fully saturated rings. The van der Waals surface area contributed by atoms with E-state index in [1.165, 1.54) is 25.7 Å². The summed E-state index contributed by atoms with van der Waals surface area (Å²) >= 11 is 0. The van der Waals surface area contributed by atoms with Gasteiger partial charge in [-0.3, -0.25) is 4.79 Å². The number of hydrogen-bond donors (Lipinski definition) is 2. The summed E-state index contributed by atoms with van der Waals surface area (Å²) in [5.74, 6) is 0.471. The largest absolute Gasteiger partial charge is 0.378 e. The van der Waals surface area contributed by atoms with Crippen molar-refractivity contribution in [2.24, 2.45) is 5.92 Å². The van der Waals surface area contributed by atoms with Gasteiger partial charge in [0.1, 0.15) is 0 Å². The van der Waals surface area contributed by atoms with Crippen molar-refractivity contribution in [2.75, 3.05) is 20.2 Å². The van der Waals surface area contributed by atoms with Gasteiger partial charge in [0.2, 0.25) is 5.91 Å². The highest BCUT2D eigenvalue weighted by molar-refractivity contribution is 5.79. The first-order valence-corrected chi connectivity index (χ1v) is 6.85. The zero-order valence-electron chi connectivity index (χ0n) is 10.7. The SMILES string of the molecule is CO[C@H]1CNCC1NC(=O)C1CCCCCC1. The predicted octanol–water partition coefficient (Wildman–Crippen LogP) is 1.06. The first-order chi connectivity index (χ1) is 8.31. The first kappa shape index (κ1) is 12.8. The molecule has 1 saturated carbocycles. The van der Waals surface area contributed by atoms with Crippen molar-refractivity contribution in [3.05, 3.63) is 0 Å². The number of methoxy groups -OCH3 is 1. The molecule has 2 atom stereocenters. The Labute approximate surface area is 103 Å². The molecule has 98 valence electrons. The van der Waals surface area contributed by atoms with Crippen LogP contribution in [0.3, 0.4) is 0 Å². The van der Waals surface area contributed by atoms with Gasteiger partial charge in [-0.25, -0.2) is 0 Å². The molecular weight excluding hydrogens is 216 g/mol. The quantitative estimate of drug-likeness (QED) is 0.725. The average Bonchev–Trinajstić information content (AvgIpc) is 2.62. The fourth-order valence-corrected chi connectivity index (χ4v) is 2.89. The van der Waals surface area contributed by atoms with E-state index in [4.69, 9.17) is 4.74 Å². The van der Waals surface area contributed by atoms with Crippen molar-refractivity contribution in [3.63, 3.8) is 0 Å². The van der Waals surface area contributed by atoms with Gasteiger partial charge in [-0.05, 0) is 12.8 Å². The molecule has 0 radical (unpaired) electrons. The first-order valence-electron chi connectivity index (χ1n) is 6.85. The van der Waals surface area contributed by atoms with E-state index in [1.54, 1.807) is 7.11 Å². The maximum Gasteiger partial charge on any atom is 0.223 e. The lowest BCUT2D eigenvalue weighted by molar-refractivity contribution is -0.126. The van der Waals surface area contributed by atoms with Gasteiger partial charge in [0, 0.05) is 26.1 Å². The zero-order valence-corrected chi connectivity index (χ0v) is 10.7. The van der Waals surface area contributed by atoms with E-state index in [-0.39, 0.29) is 24.0 Å². The Kier molecular flexibility index (Phi) is 4.80. The van der Waals surface area contributed by atoms with Crippen molar-refractivity contribution in [3.8, 4) is 0 Å². The lowest BCUT2D eigenvalue weighted by Crippen LogP contribution is -2.45. The fourth-order valence-electron chi connectivity index (χ4n) is 2.89. The summed E-state index contributed by atoms with van der Waals surface area (Å²) < 4.78 is 5.36. The van der Waals surface area contributed by atoms with Crippen LogP contribution in [0.15, 0.2) is 0 Å². The lowest BCUT2D eigenvalue weighted by atomic mass is 9.99. The molecule has 2 aliphatic rings. The maximum absolute atomic E-state index is 12.2. The third-order valence-corrected chi connectivity index (χ3v) is 4.01. The standard InChI is InChI=1S/C13H24N2O2/c1-17-12-9-14-8-11(12)15-13(16)10-6-4-2-3-5-7-10/h10-12,14H,2-9H2,1H3,(H,15,16)/t11?,12-/m0/s1. The number of ether oxygens (including phenoxy) is 1. The normalized spacial score (nSPS) is 31.1. The number of carbonyl (C=O) groups excluding carboxylic acids is 1. The van der Waals surface area contributed by atoms with Gasteiger partial charge in [0.25, 0.3) is 0 Å². The highest BCUT2D eigenvalue weighted by Crippen LogP contribution is 2.23. The average molecular weight is 240 g/mol. The molecule has 0 spiro atoms. The molecule has 0 aromatic heterocycles. The summed E-state index contributed by atoms with van der Waals surface area (Å²) in [6.45, 7) is 1.67. The molecule has 17 heavy (non-hydrogen) atoms. The van der Waals surface area contributed by atoms with E-state index in [1.807, 2.05) is 0 Å². The van der Waals surface area contributed by atoms with E-state index in [9.17, 15) is 4.79 Å². The van der Waals surface area contributed by atoms with Crippen LogP contribution in [0, 0.1) is 5.92 Å². The number of rotatable bonds is 3. The molecule has 0 bridgehead atoms. The smallest absolute Gasteiger partial charge is 0.223 e. The van der Waals surface area contributed by atoms with Crippen molar-refractivity contribution < 1.29 is 9.53 Å². The van der Waals surface area contributed by atoms with E-state index in [0.29, 0.717) is 0 Å². The van der Waals surface area contributed by atoms with Gasteiger partial charge in [0.05, 0.1) is 12.1 Å². The molecule has 1 amide bonds. The van der Waals surface area contributed by atoms with Crippen LogP contribution in [0.2, 0.25) is 0 Å². The molecule has 4 nitrogen and oxygen atoms in total. The third kappa shape index (κ3) is 3.42. The van der Waals surface area contributed by atoms with Gasteiger partial charge in [-0.1, -0.05) is 25.7 Å². The van der Waals surface area contributed by atoms with Crippen LogP contribution >= 0.6 is 0 Å². The van der Waals surface area contributed by atoms with Crippen LogP contribution in [-0.4, -0.2) is 38.3 Å². The van der Waals surface area contributed by atoms with Crippen molar-refractivity contribution in [1.29, 1.82) is 0 Å². The Bertz CT molecular complexity index is 250. The molecule has 1 heterocycles. The van der Waals surface area contributed by atoms with Gasteiger partial charge in [-0.15, -0.1) is 0 Å². The van der Waals surface area contributed by atoms with Crippen molar-refractivity contribution >= 4 is 5.91 Å². The number of carbonyl (C=O) groups is 1. The Morgan fingerprint density at radius 1 is 1.18 bits per heavy atom. The van der Waals surface area contributed by atoms with Gasteiger partial charge < -0.3 is 15.4 Å². The van der Waals surface area contributed by atoms with Gasteiger partial charge in [0.15, 0.2) is 0 Å². The van der Waals surface area contributed by atoms with E-state index >= 15 is 0 Å². The number of nitrogens with one attached hydrogen (secondary N) is 2. The van der Waals surface area contributed by atoms with E-state index in [2.05, 4.69) is 10.6 Å². The molecule has 1 aliphatic carbocycles. The van der Waals surface area contributed by atoms with E-state index in [0.717, 1.165) is 25.9 Å². The molecule has 4 heteroatoms. The monoisotopic (exact) mass is 240 g/mol. The summed E-state index contributed by atoms with van der Waals surface area (Å²) in [5, 5.41) is 6.41. The molecule has 0 aromatic rings. The van der Waals surface area contributed by atoms with Crippen LogP contribution < -0.4 is 10.6 Å². The molecule has 0 aromatic carbocycles. The minimum absolute atomic E-state index is 0.129. The van der Waals surface area contributed by atoms with Crippen LogP contribution in [0.1, 0.15) is 38.5 Å². The second kappa shape index (κ2) is 6.36. The van der Waals surface area contributed by atoms with Crippen molar-refractivity contribution in [1.82, 2.24) is 10.6 Å². The van der Waals surface area contributed by atoms with Crippen molar-refractivity contribution in [2.45, 2.75) is 50.7 Å². The Balaban J connectivity index is 1.82. The summed E-state index contributed by atoms with van der Waals surface area (Å²) in [6, 6.07) is 0.149. The molecule has 1 unspecified atom stereocenters. The second-order valence-electron chi connectivity index (χ2n) is 5.24. The Morgan fingerprint density at radius 3 is 2.53 bits per heavy atom. The predicted molar refractivity (Wildman–Crippen MR) is 66.8 cm³/mol. The fraction of sp³-hybridized carbons (Fsp3) is 0.923. The summed E-state index contributed by atoms with van der Waals surface area (Å²) in [5.41, 5.74) is 0. The summed E-state index contributed by atoms with van der Waals surface area (Å²) in [4.78, 5) is 12.2. The molecule has 1 saturated heterocycles. The highest BCUT2D eigenvalue weighted by atomic mass is 16.5. The summed E-state index contributed by atoms with van der Waals surface area (Å²) in [7, 11) is 1.71. The maximum atomic E-state index is 12.2. The minimum Gasteiger partial charge on any atom is -0.378 e. The van der Waals surface area contributed by atoms with Crippen LogP contribution in [0.4, 0.5) is 0 Å².